The fourth-order valence-electron chi connectivity index (χ4n) is 4.40. The van der Waals surface area contributed by atoms with Gasteiger partial charge in [-0.25, -0.2) is 9.59 Å². The molecule has 0 aromatic heterocycles. The Morgan fingerprint density at radius 3 is 1.93 bits per heavy atom. The first-order valence-electron chi connectivity index (χ1n) is 14.4. The molecule has 0 aliphatic heterocycles. The summed E-state index contributed by atoms with van der Waals surface area (Å²) in [5, 5.41) is 19.8. The Bertz CT molecular complexity index is 1210. The number of nitrogens with zero attached hydrogens (tertiary/aromatic N) is 2. The third-order valence-corrected chi connectivity index (χ3v) is 6.40. The average molecular weight is 597 g/mol. The van der Waals surface area contributed by atoms with Crippen LogP contribution in [0.2, 0.25) is 0 Å². The minimum Gasteiger partial charge on any atom is -0.389 e. The Morgan fingerprint density at radius 2 is 1.42 bits per heavy atom. The van der Waals surface area contributed by atoms with Crippen LogP contribution in [0, 0.1) is 5.41 Å². The maximum absolute atomic E-state index is 13.6. The summed E-state index contributed by atoms with van der Waals surface area (Å²) < 4.78 is 0. The van der Waals surface area contributed by atoms with E-state index in [1.54, 1.807) is 24.3 Å². The maximum atomic E-state index is 13.6. The number of amides is 6. The van der Waals surface area contributed by atoms with Crippen molar-refractivity contribution in [2.75, 3.05) is 25.0 Å². The zero-order chi connectivity index (χ0) is 32.4. The zero-order valence-electron chi connectivity index (χ0n) is 26.4. The first-order valence-corrected chi connectivity index (χ1v) is 14.4. The van der Waals surface area contributed by atoms with E-state index in [1.165, 1.54) is 16.8 Å². The minimum absolute atomic E-state index is 0.0689. The summed E-state index contributed by atoms with van der Waals surface area (Å²) in [7, 11) is 1.54. The van der Waals surface area contributed by atoms with Crippen LogP contribution in [0.4, 0.5) is 15.3 Å². The summed E-state index contributed by atoms with van der Waals surface area (Å²) in [5.74, 6) is -1.46. The van der Waals surface area contributed by atoms with Crippen LogP contribution in [-0.2, 0) is 16.0 Å². The van der Waals surface area contributed by atoms with Crippen LogP contribution in [0.15, 0.2) is 60.7 Å². The monoisotopic (exact) mass is 596 g/mol. The molecule has 0 spiro atoms. The van der Waals surface area contributed by atoms with Gasteiger partial charge in [0.25, 0.3) is 0 Å². The zero-order valence-corrected chi connectivity index (χ0v) is 26.4. The molecule has 0 aliphatic rings. The fraction of sp³-hybridized carbons (Fsp3) is 0.500. The molecule has 2 aromatic rings. The quantitative estimate of drug-likeness (QED) is 0.255. The van der Waals surface area contributed by atoms with Gasteiger partial charge in [-0.05, 0) is 50.3 Å². The van der Waals surface area contributed by atoms with Crippen molar-refractivity contribution in [3.63, 3.8) is 0 Å². The molecule has 0 bridgehead atoms. The highest BCUT2D eigenvalue weighted by Gasteiger charge is 2.32. The molecule has 3 unspecified atom stereocenters. The molecule has 11 heteroatoms. The van der Waals surface area contributed by atoms with Gasteiger partial charge in [0.1, 0.15) is 6.04 Å². The molecule has 2 aromatic carbocycles. The summed E-state index contributed by atoms with van der Waals surface area (Å²) in [5.41, 5.74) is 6.09. The molecule has 11 nitrogen and oxygen atoms in total. The number of urea groups is 2. The normalized spacial score (nSPS) is 13.7. The van der Waals surface area contributed by atoms with Gasteiger partial charge in [0, 0.05) is 24.8 Å². The number of rotatable bonds is 12. The summed E-state index contributed by atoms with van der Waals surface area (Å²) in [4.78, 5) is 54.5. The molecule has 0 saturated heterocycles. The number of hydrogen-bond donors (Lipinski definition) is 5. The average Bonchev–Trinajstić information content (AvgIpc) is 2.90. The third kappa shape index (κ3) is 12.7. The largest absolute Gasteiger partial charge is 0.389 e. The number of carbonyl (C=O) groups excluding carboxylic acids is 4. The van der Waals surface area contributed by atoms with Gasteiger partial charge in [-0.15, -0.1) is 0 Å². The lowest BCUT2D eigenvalue weighted by Crippen LogP contribution is -2.58. The highest BCUT2D eigenvalue weighted by Crippen LogP contribution is 2.18. The number of anilines is 1. The van der Waals surface area contributed by atoms with Gasteiger partial charge in [0.05, 0.1) is 25.1 Å². The molecule has 0 heterocycles. The highest BCUT2D eigenvalue weighted by atomic mass is 16.3. The molecule has 6 amide bonds. The smallest absolute Gasteiger partial charge is 0.322 e. The fourth-order valence-corrected chi connectivity index (χ4v) is 4.40. The standard InChI is InChI=1S/C32H48N6O5/c1-31(2,3)21-38(30(43)36-32(4,5)6)20-26(39)24(18-22-14-10-8-11-15-22)34-28(41)25(19-27(33)40)35-29(42)37(7)23-16-12-9-13-17-23/h8-17,24-26,39H,18-21H2,1-7H3,(H2,33,40)(H,34,41)(H,35,42)(H,36,43). The third-order valence-electron chi connectivity index (χ3n) is 6.40. The van der Waals surface area contributed by atoms with Crippen molar-refractivity contribution in [1.82, 2.24) is 20.9 Å². The molecule has 0 fully saturated rings. The molecular formula is C32H48N6O5. The van der Waals surface area contributed by atoms with Crippen molar-refractivity contribution in [3.8, 4) is 0 Å². The van der Waals surface area contributed by atoms with Crippen LogP contribution < -0.4 is 26.6 Å². The van der Waals surface area contributed by atoms with Crippen LogP contribution in [0.3, 0.4) is 0 Å². The number of primary amides is 1. The maximum Gasteiger partial charge on any atom is 0.322 e. The summed E-state index contributed by atoms with van der Waals surface area (Å²) >= 11 is 0. The Balaban J connectivity index is 2.32. The first-order chi connectivity index (χ1) is 19.9. The van der Waals surface area contributed by atoms with Gasteiger partial charge in [0.15, 0.2) is 0 Å². The number of nitrogens with one attached hydrogen (secondary N) is 3. The molecule has 2 rings (SSSR count). The summed E-state index contributed by atoms with van der Waals surface area (Å²) in [6.07, 6.45) is -1.40. The Kier molecular flexibility index (Phi) is 12.5. The number of hydrogen-bond acceptors (Lipinski definition) is 5. The number of nitrogens with two attached hydrogens (primary N) is 1. The molecule has 0 radical (unpaired) electrons. The first kappa shape index (κ1) is 35.1. The van der Waals surface area contributed by atoms with E-state index in [2.05, 4.69) is 16.0 Å². The van der Waals surface area contributed by atoms with Gasteiger partial charge in [0.2, 0.25) is 11.8 Å². The molecule has 236 valence electrons. The summed E-state index contributed by atoms with van der Waals surface area (Å²) in [6.45, 7) is 11.9. The van der Waals surface area contributed by atoms with Crippen molar-refractivity contribution in [2.24, 2.45) is 11.1 Å². The predicted molar refractivity (Wildman–Crippen MR) is 168 cm³/mol. The lowest BCUT2D eigenvalue weighted by atomic mass is 9.95. The molecule has 3 atom stereocenters. The Morgan fingerprint density at radius 1 is 0.860 bits per heavy atom. The summed E-state index contributed by atoms with van der Waals surface area (Å²) in [6, 6.07) is 15.0. The Hall–Kier alpha value is -4.12. The predicted octanol–water partition coefficient (Wildman–Crippen LogP) is 3.02. The second-order valence-corrected chi connectivity index (χ2v) is 13.1. The van der Waals surface area contributed by atoms with Gasteiger partial charge in [-0.2, -0.15) is 0 Å². The molecule has 6 N–H and O–H groups in total. The van der Waals surface area contributed by atoms with Gasteiger partial charge in [-0.3, -0.25) is 14.5 Å². The van der Waals surface area contributed by atoms with Crippen molar-refractivity contribution >= 4 is 29.6 Å². The van der Waals surface area contributed by atoms with Gasteiger partial charge in [-0.1, -0.05) is 69.3 Å². The SMILES string of the molecule is CN(C(=O)NC(CC(N)=O)C(=O)NC(Cc1ccccc1)C(O)CN(CC(C)(C)C)C(=O)NC(C)(C)C)c1ccccc1. The molecule has 43 heavy (non-hydrogen) atoms. The van der Waals surface area contributed by atoms with E-state index < -0.39 is 48.0 Å². The number of carbonyl (C=O) groups is 4. The van der Waals surface area contributed by atoms with Crippen LogP contribution in [0.25, 0.3) is 0 Å². The van der Waals surface area contributed by atoms with Crippen LogP contribution >= 0.6 is 0 Å². The van der Waals surface area contributed by atoms with E-state index in [0.29, 0.717) is 12.2 Å². The van der Waals surface area contributed by atoms with E-state index in [0.717, 1.165) is 5.56 Å². The minimum atomic E-state index is -1.29. The number of aliphatic hydroxyl groups excluding tert-OH is 1. The number of aliphatic hydroxyl groups is 1. The Labute approximate surface area is 255 Å². The molecule has 0 saturated carbocycles. The van der Waals surface area contributed by atoms with Crippen molar-refractivity contribution in [3.05, 3.63) is 66.2 Å². The van der Waals surface area contributed by atoms with E-state index >= 15 is 0 Å². The van der Waals surface area contributed by atoms with Crippen molar-refractivity contribution in [2.45, 2.75) is 78.1 Å². The lowest BCUT2D eigenvalue weighted by molar-refractivity contribution is -0.128. The van der Waals surface area contributed by atoms with Crippen LogP contribution in [-0.4, -0.2) is 77.7 Å². The highest BCUT2D eigenvalue weighted by molar-refractivity contribution is 5.96. The number of para-hydroxylation sites is 1. The van der Waals surface area contributed by atoms with Crippen molar-refractivity contribution in [1.29, 1.82) is 0 Å². The van der Waals surface area contributed by atoms with E-state index in [9.17, 15) is 24.3 Å². The topological polar surface area (TPSA) is 157 Å². The second kappa shape index (κ2) is 15.4. The number of benzene rings is 2. The van der Waals surface area contributed by atoms with Gasteiger partial charge < -0.3 is 31.7 Å². The van der Waals surface area contributed by atoms with Crippen LogP contribution in [0.5, 0.6) is 0 Å². The second-order valence-electron chi connectivity index (χ2n) is 13.1. The molecule has 0 aliphatic carbocycles. The van der Waals surface area contributed by atoms with E-state index in [1.807, 2.05) is 77.9 Å². The lowest BCUT2D eigenvalue weighted by Gasteiger charge is -2.36. The van der Waals surface area contributed by atoms with E-state index in [-0.39, 0.29) is 24.4 Å². The molecular weight excluding hydrogens is 548 g/mol. The van der Waals surface area contributed by atoms with E-state index in [4.69, 9.17) is 5.73 Å². The van der Waals surface area contributed by atoms with Crippen LogP contribution in [0.1, 0.15) is 53.5 Å². The van der Waals surface area contributed by atoms with Gasteiger partial charge >= 0.3 is 12.1 Å². The van der Waals surface area contributed by atoms with Crippen molar-refractivity contribution < 1.29 is 24.3 Å².